The summed E-state index contributed by atoms with van der Waals surface area (Å²) in [7, 11) is 0. The van der Waals surface area contributed by atoms with Crippen LogP contribution in [0.25, 0.3) is 0 Å². The van der Waals surface area contributed by atoms with Crippen LogP contribution in [-0.4, -0.2) is 11.3 Å². The van der Waals surface area contributed by atoms with Gasteiger partial charge in [-0.05, 0) is 22.0 Å². The summed E-state index contributed by atoms with van der Waals surface area (Å²) >= 11 is 2.69. The molecule has 1 aromatic rings. The van der Waals surface area contributed by atoms with Gasteiger partial charge >= 0.3 is 6.36 Å². The minimum Gasteiger partial charge on any atom is -0.386 e. The molecule has 1 heterocycles. The third-order valence-electron chi connectivity index (χ3n) is 1.51. The highest BCUT2D eigenvalue weighted by Gasteiger charge is 2.34. The first-order valence-corrected chi connectivity index (χ1v) is 4.68. The van der Waals surface area contributed by atoms with Gasteiger partial charge in [0, 0.05) is 4.47 Å². The summed E-state index contributed by atoms with van der Waals surface area (Å²) in [5.74, 6) is -1.20. The van der Waals surface area contributed by atoms with Gasteiger partial charge in [0.1, 0.15) is 17.3 Å². The Balaban J connectivity index is 3.30. The molecule has 17 heavy (non-hydrogen) atoms. The fraction of sp³-hybridized carbons (Fsp3) is 0.250. The van der Waals surface area contributed by atoms with Crippen LogP contribution >= 0.6 is 15.9 Å². The number of hydrogen-bond acceptors (Lipinski definition) is 3. The molecule has 0 fully saturated rings. The smallest absolute Gasteiger partial charge is 0.386 e. The van der Waals surface area contributed by atoms with E-state index in [1.807, 2.05) is 0 Å². The molecule has 1 rings (SSSR count). The highest BCUT2D eigenvalue weighted by atomic mass is 79.9. The molecule has 0 spiro atoms. The van der Waals surface area contributed by atoms with Gasteiger partial charge < -0.3 is 4.74 Å². The van der Waals surface area contributed by atoms with Crippen molar-refractivity contribution < 1.29 is 26.7 Å². The van der Waals surface area contributed by atoms with E-state index in [1.165, 1.54) is 6.07 Å². The van der Waals surface area contributed by atoms with E-state index >= 15 is 0 Å². The molecule has 0 aliphatic rings. The molecule has 0 unspecified atom stereocenters. The van der Waals surface area contributed by atoms with Gasteiger partial charge in [0.15, 0.2) is 0 Å². The summed E-state index contributed by atoms with van der Waals surface area (Å²) in [6, 6.07) is 2.13. The van der Waals surface area contributed by atoms with Gasteiger partial charge in [0.2, 0.25) is 5.88 Å². The zero-order valence-electron chi connectivity index (χ0n) is 7.73. The van der Waals surface area contributed by atoms with Crippen molar-refractivity contribution >= 4 is 15.9 Å². The van der Waals surface area contributed by atoms with Gasteiger partial charge in [-0.15, -0.1) is 13.2 Å². The maximum atomic E-state index is 12.3. The van der Waals surface area contributed by atoms with Crippen molar-refractivity contribution in [2.75, 3.05) is 0 Å². The number of ether oxygens (including phenoxy) is 1. The molecule has 0 aliphatic heterocycles. The highest BCUT2D eigenvalue weighted by molar-refractivity contribution is 9.10. The first-order valence-electron chi connectivity index (χ1n) is 3.89. The quantitative estimate of drug-likeness (QED) is 0.784. The Labute approximate surface area is 99.9 Å². The van der Waals surface area contributed by atoms with Crippen LogP contribution in [0.2, 0.25) is 0 Å². The van der Waals surface area contributed by atoms with E-state index in [0.29, 0.717) is 0 Å². The molecule has 9 heteroatoms. The molecule has 0 saturated heterocycles. The van der Waals surface area contributed by atoms with Gasteiger partial charge in [-0.3, -0.25) is 0 Å². The van der Waals surface area contributed by atoms with E-state index in [0.717, 1.165) is 6.07 Å². The number of alkyl halides is 5. The summed E-state index contributed by atoms with van der Waals surface area (Å²) in [6.07, 6.45) is -8.19. The molecule has 0 bridgehead atoms. The van der Waals surface area contributed by atoms with E-state index in [-0.39, 0.29) is 4.47 Å². The molecular formula is C8H2BrF5N2O. The Bertz CT molecular complexity index is 468. The molecule has 92 valence electrons. The molecule has 1 aromatic heterocycles. The van der Waals surface area contributed by atoms with Crippen molar-refractivity contribution in [1.29, 1.82) is 5.26 Å². The fourth-order valence-electron chi connectivity index (χ4n) is 0.906. The third-order valence-corrected chi connectivity index (χ3v) is 2.13. The van der Waals surface area contributed by atoms with Crippen molar-refractivity contribution in [2.45, 2.75) is 12.8 Å². The number of rotatable bonds is 2. The van der Waals surface area contributed by atoms with Gasteiger partial charge in [-0.25, -0.2) is 13.8 Å². The van der Waals surface area contributed by atoms with Crippen LogP contribution in [0.15, 0.2) is 10.5 Å². The Morgan fingerprint density at radius 2 is 2.00 bits per heavy atom. The van der Waals surface area contributed by atoms with Gasteiger partial charge in [-0.1, -0.05) is 0 Å². The second-order valence-electron chi connectivity index (χ2n) is 2.67. The van der Waals surface area contributed by atoms with Crippen molar-refractivity contribution in [3.05, 3.63) is 21.8 Å². The standard InChI is InChI=1S/C8H2BrF5N2O/c9-4-1-5(6(10)11)16-7(3(4)2-15)17-8(12,13)14/h1,6H. The normalized spacial score (nSPS) is 11.4. The van der Waals surface area contributed by atoms with Crippen LogP contribution in [0.4, 0.5) is 22.0 Å². The summed E-state index contributed by atoms with van der Waals surface area (Å²) in [5.41, 5.74) is -1.53. The van der Waals surface area contributed by atoms with E-state index in [9.17, 15) is 22.0 Å². The summed E-state index contributed by atoms with van der Waals surface area (Å²) in [6.45, 7) is 0. The van der Waals surface area contributed by atoms with Gasteiger partial charge in [0.05, 0.1) is 0 Å². The number of nitrogens with zero attached hydrogens (tertiary/aromatic N) is 2. The molecule has 0 atom stereocenters. The number of nitriles is 1. The van der Waals surface area contributed by atoms with Gasteiger partial charge in [0.25, 0.3) is 6.43 Å². The maximum absolute atomic E-state index is 12.3. The minimum absolute atomic E-state index is 0.246. The van der Waals surface area contributed by atoms with Crippen LogP contribution in [0.5, 0.6) is 5.88 Å². The van der Waals surface area contributed by atoms with E-state index in [1.54, 1.807) is 0 Å². The Morgan fingerprint density at radius 3 is 2.41 bits per heavy atom. The monoisotopic (exact) mass is 316 g/mol. The van der Waals surface area contributed by atoms with Crippen LogP contribution in [-0.2, 0) is 0 Å². The Hall–Kier alpha value is -1.43. The van der Waals surface area contributed by atoms with E-state index < -0.39 is 29.9 Å². The largest absolute Gasteiger partial charge is 0.574 e. The first-order chi connectivity index (χ1) is 7.74. The predicted molar refractivity (Wildman–Crippen MR) is 48.3 cm³/mol. The number of halogens is 6. The lowest BCUT2D eigenvalue weighted by Gasteiger charge is -2.11. The zero-order chi connectivity index (χ0) is 13.2. The van der Waals surface area contributed by atoms with Crippen LogP contribution in [0, 0.1) is 11.3 Å². The molecule has 0 N–H and O–H groups in total. The van der Waals surface area contributed by atoms with Crippen molar-refractivity contribution in [2.24, 2.45) is 0 Å². The number of aromatic nitrogens is 1. The van der Waals surface area contributed by atoms with E-state index in [2.05, 4.69) is 25.7 Å². The zero-order valence-corrected chi connectivity index (χ0v) is 9.31. The molecule has 0 amide bonds. The first kappa shape index (κ1) is 13.6. The van der Waals surface area contributed by atoms with Crippen LogP contribution in [0.3, 0.4) is 0 Å². The molecule has 0 radical (unpaired) electrons. The Morgan fingerprint density at radius 1 is 1.41 bits per heavy atom. The summed E-state index contributed by atoms with van der Waals surface area (Å²) < 4.78 is 63.6. The molecule has 3 nitrogen and oxygen atoms in total. The number of hydrogen-bond donors (Lipinski definition) is 0. The van der Waals surface area contributed by atoms with Crippen LogP contribution < -0.4 is 4.74 Å². The van der Waals surface area contributed by atoms with Crippen molar-refractivity contribution in [1.82, 2.24) is 4.98 Å². The lowest BCUT2D eigenvalue weighted by Crippen LogP contribution is -2.19. The van der Waals surface area contributed by atoms with Crippen molar-refractivity contribution in [3.63, 3.8) is 0 Å². The topological polar surface area (TPSA) is 45.9 Å². The van der Waals surface area contributed by atoms with Crippen LogP contribution in [0.1, 0.15) is 17.7 Å². The number of pyridine rings is 1. The minimum atomic E-state index is -5.11. The molecule has 0 aromatic carbocycles. The summed E-state index contributed by atoms with van der Waals surface area (Å²) in [5, 5.41) is 8.57. The van der Waals surface area contributed by atoms with Crippen molar-refractivity contribution in [3.8, 4) is 11.9 Å². The molecule has 0 aliphatic carbocycles. The summed E-state index contributed by atoms with van der Waals surface area (Å²) in [4.78, 5) is 2.94. The van der Waals surface area contributed by atoms with E-state index in [4.69, 9.17) is 5.26 Å². The lowest BCUT2D eigenvalue weighted by atomic mass is 10.2. The lowest BCUT2D eigenvalue weighted by molar-refractivity contribution is -0.276. The second-order valence-corrected chi connectivity index (χ2v) is 3.52. The average molecular weight is 317 g/mol. The average Bonchev–Trinajstić information content (AvgIpc) is 2.14. The fourth-order valence-corrected chi connectivity index (χ4v) is 1.40. The highest BCUT2D eigenvalue weighted by Crippen LogP contribution is 2.32. The predicted octanol–water partition coefficient (Wildman–Crippen LogP) is 3.55. The SMILES string of the molecule is N#Cc1c(Br)cc(C(F)F)nc1OC(F)(F)F. The molecule has 0 saturated carbocycles. The maximum Gasteiger partial charge on any atom is 0.574 e. The third kappa shape index (κ3) is 3.52. The molecular weight excluding hydrogens is 315 g/mol. The Kier molecular flexibility index (Phi) is 3.87. The second kappa shape index (κ2) is 4.83. The van der Waals surface area contributed by atoms with Gasteiger partial charge in [-0.2, -0.15) is 5.26 Å².